The van der Waals surface area contributed by atoms with Crippen LogP contribution in [0.15, 0.2) is 18.3 Å². The van der Waals surface area contributed by atoms with E-state index in [0.717, 1.165) is 28.2 Å². The molecule has 15 heavy (non-hydrogen) atoms. The van der Waals surface area contributed by atoms with Gasteiger partial charge in [0.05, 0.1) is 11.2 Å². The Hall–Kier alpha value is -1.84. The SMILES string of the molecule is Cc1cnc2ccc3c(c2n1)OCCO3. The molecule has 0 saturated carbocycles. The number of hydrogen-bond acceptors (Lipinski definition) is 4. The van der Waals surface area contributed by atoms with Crippen molar-refractivity contribution in [1.29, 1.82) is 0 Å². The van der Waals surface area contributed by atoms with Crippen molar-refractivity contribution in [3.63, 3.8) is 0 Å². The van der Waals surface area contributed by atoms with E-state index in [2.05, 4.69) is 9.97 Å². The lowest BCUT2D eigenvalue weighted by Crippen LogP contribution is -2.15. The number of hydrogen-bond donors (Lipinski definition) is 0. The van der Waals surface area contributed by atoms with E-state index in [-0.39, 0.29) is 0 Å². The van der Waals surface area contributed by atoms with Gasteiger partial charge in [-0.3, -0.25) is 4.98 Å². The highest BCUT2D eigenvalue weighted by molar-refractivity contribution is 5.84. The Morgan fingerprint density at radius 3 is 3.00 bits per heavy atom. The van der Waals surface area contributed by atoms with Crippen molar-refractivity contribution >= 4 is 11.0 Å². The monoisotopic (exact) mass is 202 g/mol. The number of aryl methyl sites for hydroxylation is 1. The molecular weight excluding hydrogens is 192 g/mol. The summed E-state index contributed by atoms with van der Waals surface area (Å²) in [5.41, 5.74) is 2.50. The standard InChI is InChI=1S/C11H10N2O2/c1-7-6-12-8-2-3-9-11(10(8)13-7)15-5-4-14-9/h2-3,6H,4-5H2,1H3. The summed E-state index contributed by atoms with van der Waals surface area (Å²) < 4.78 is 11.0. The Balaban J connectivity index is 2.34. The van der Waals surface area contributed by atoms with E-state index in [4.69, 9.17) is 9.47 Å². The van der Waals surface area contributed by atoms with Crippen LogP contribution in [0.4, 0.5) is 0 Å². The molecule has 76 valence electrons. The van der Waals surface area contributed by atoms with Gasteiger partial charge < -0.3 is 9.47 Å². The summed E-state index contributed by atoms with van der Waals surface area (Å²) in [4.78, 5) is 8.71. The van der Waals surface area contributed by atoms with Crippen LogP contribution in [-0.2, 0) is 0 Å². The molecule has 2 heterocycles. The molecular formula is C11H10N2O2. The molecule has 0 atom stereocenters. The number of fused-ring (bicyclic) bond motifs is 3. The van der Waals surface area contributed by atoms with Crippen molar-refractivity contribution in [2.45, 2.75) is 6.92 Å². The molecule has 0 bridgehead atoms. The lowest BCUT2D eigenvalue weighted by molar-refractivity contribution is 0.173. The van der Waals surface area contributed by atoms with Crippen molar-refractivity contribution in [2.24, 2.45) is 0 Å². The molecule has 1 aliphatic heterocycles. The van der Waals surface area contributed by atoms with Gasteiger partial charge in [-0.15, -0.1) is 0 Å². The van der Waals surface area contributed by atoms with Gasteiger partial charge in [-0.1, -0.05) is 0 Å². The third-order valence-corrected chi connectivity index (χ3v) is 2.34. The van der Waals surface area contributed by atoms with Gasteiger partial charge in [-0.25, -0.2) is 4.98 Å². The van der Waals surface area contributed by atoms with Crippen molar-refractivity contribution in [3.8, 4) is 11.5 Å². The second-order valence-electron chi connectivity index (χ2n) is 3.47. The fraction of sp³-hybridized carbons (Fsp3) is 0.273. The van der Waals surface area contributed by atoms with Crippen LogP contribution >= 0.6 is 0 Å². The Labute approximate surface area is 86.9 Å². The van der Waals surface area contributed by atoms with Crippen molar-refractivity contribution < 1.29 is 9.47 Å². The molecule has 2 aromatic rings. The summed E-state index contributed by atoms with van der Waals surface area (Å²) in [6, 6.07) is 3.77. The molecule has 0 spiro atoms. The van der Waals surface area contributed by atoms with Crippen LogP contribution in [0.3, 0.4) is 0 Å². The van der Waals surface area contributed by atoms with Gasteiger partial charge in [-0.05, 0) is 19.1 Å². The van der Waals surface area contributed by atoms with E-state index in [9.17, 15) is 0 Å². The molecule has 1 aromatic heterocycles. The first-order chi connectivity index (χ1) is 7.34. The number of benzene rings is 1. The molecule has 1 aromatic carbocycles. The molecule has 0 saturated heterocycles. The van der Waals surface area contributed by atoms with E-state index in [1.165, 1.54) is 0 Å². The predicted octanol–water partition coefficient (Wildman–Crippen LogP) is 1.71. The molecule has 1 aliphatic rings. The lowest BCUT2D eigenvalue weighted by atomic mass is 10.2. The summed E-state index contributed by atoms with van der Waals surface area (Å²) in [5.74, 6) is 1.48. The van der Waals surface area contributed by atoms with Gasteiger partial charge in [-0.2, -0.15) is 0 Å². The zero-order valence-corrected chi connectivity index (χ0v) is 8.36. The van der Waals surface area contributed by atoms with Crippen LogP contribution < -0.4 is 9.47 Å². The lowest BCUT2D eigenvalue weighted by Gasteiger charge is -2.18. The summed E-state index contributed by atoms with van der Waals surface area (Å²) in [5, 5.41) is 0. The molecule has 3 rings (SSSR count). The fourth-order valence-electron chi connectivity index (χ4n) is 1.67. The van der Waals surface area contributed by atoms with Gasteiger partial charge in [0.1, 0.15) is 18.7 Å². The Morgan fingerprint density at radius 2 is 2.07 bits per heavy atom. The van der Waals surface area contributed by atoms with E-state index in [1.807, 2.05) is 19.1 Å². The highest BCUT2D eigenvalue weighted by atomic mass is 16.6. The van der Waals surface area contributed by atoms with E-state index in [1.54, 1.807) is 6.20 Å². The Morgan fingerprint density at radius 1 is 1.20 bits per heavy atom. The molecule has 4 heteroatoms. The zero-order chi connectivity index (χ0) is 10.3. The Kier molecular flexibility index (Phi) is 1.74. The van der Waals surface area contributed by atoms with E-state index < -0.39 is 0 Å². The van der Waals surface area contributed by atoms with Crippen LogP contribution in [0.25, 0.3) is 11.0 Å². The Bertz CT molecular complexity index is 525. The van der Waals surface area contributed by atoms with E-state index in [0.29, 0.717) is 13.2 Å². The highest BCUT2D eigenvalue weighted by Crippen LogP contribution is 2.35. The van der Waals surface area contributed by atoms with Crippen molar-refractivity contribution in [1.82, 2.24) is 9.97 Å². The maximum absolute atomic E-state index is 5.56. The average molecular weight is 202 g/mol. The average Bonchev–Trinajstić information content (AvgIpc) is 2.29. The molecule has 0 amide bonds. The van der Waals surface area contributed by atoms with Crippen molar-refractivity contribution in [3.05, 3.63) is 24.0 Å². The van der Waals surface area contributed by atoms with Gasteiger partial charge in [0.15, 0.2) is 11.5 Å². The predicted molar refractivity (Wildman–Crippen MR) is 55.3 cm³/mol. The van der Waals surface area contributed by atoms with Gasteiger partial charge in [0.2, 0.25) is 0 Å². The van der Waals surface area contributed by atoms with Crippen LogP contribution in [0.2, 0.25) is 0 Å². The molecule has 0 radical (unpaired) electrons. The zero-order valence-electron chi connectivity index (χ0n) is 8.36. The summed E-state index contributed by atoms with van der Waals surface area (Å²) in [6.07, 6.45) is 1.75. The first-order valence-corrected chi connectivity index (χ1v) is 4.86. The number of rotatable bonds is 0. The number of aromatic nitrogens is 2. The smallest absolute Gasteiger partial charge is 0.189 e. The molecule has 4 nitrogen and oxygen atoms in total. The van der Waals surface area contributed by atoms with Crippen LogP contribution in [0, 0.1) is 6.92 Å². The van der Waals surface area contributed by atoms with Crippen LogP contribution in [-0.4, -0.2) is 23.2 Å². The van der Waals surface area contributed by atoms with Crippen LogP contribution in [0.1, 0.15) is 5.69 Å². The van der Waals surface area contributed by atoms with E-state index >= 15 is 0 Å². The third kappa shape index (κ3) is 1.29. The maximum atomic E-state index is 5.56. The normalized spacial score (nSPS) is 14.2. The van der Waals surface area contributed by atoms with Crippen molar-refractivity contribution in [2.75, 3.05) is 13.2 Å². The molecule has 0 fully saturated rings. The minimum Gasteiger partial charge on any atom is -0.486 e. The quantitative estimate of drug-likeness (QED) is 0.652. The summed E-state index contributed by atoms with van der Waals surface area (Å²) in [7, 11) is 0. The van der Waals surface area contributed by atoms with Gasteiger partial charge in [0.25, 0.3) is 0 Å². The second kappa shape index (κ2) is 3.08. The highest BCUT2D eigenvalue weighted by Gasteiger charge is 2.16. The largest absolute Gasteiger partial charge is 0.486 e. The minimum atomic E-state index is 0.571. The van der Waals surface area contributed by atoms with Crippen LogP contribution in [0.5, 0.6) is 11.5 Å². The summed E-state index contributed by atoms with van der Waals surface area (Å²) in [6.45, 7) is 3.08. The second-order valence-corrected chi connectivity index (χ2v) is 3.47. The summed E-state index contributed by atoms with van der Waals surface area (Å²) >= 11 is 0. The fourth-order valence-corrected chi connectivity index (χ4v) is 1.67. The third-order valence-electron chi connectivity index (χ3n) is 2.34. The number of nitrogens with zero attached hydrogens (tertiary/aromatic N) is 2. The maximum Gasteiger partial charge on any atom is 0.189 e. The molecule has 0 N–H and O–H groups in total. The molecule has 0 unspecified atom stereocenters. The first kappa shape index (κ1) is 8.47. The first-order valence-electron chi connectivity index (χ1n) is 4.86. The number of ether oxygens (including phenoxy) is 2. The van der Waals surface area contributed by atoms with Gasteiger partial charge in [0, 0.05) is 6.20 Å². The minimum absolute atomic E-state index is 0.571. The molecule has 0 aliphatic carbocycles. The van der Waals surface area contributed by atoms with Gasteiger partial charge >= 0.3 is 0 Å². The topological polar surface area (TPSA) is 44.2 Å².